The van der Waals surface area contributed by atoms with Crippen molar-refractivity contribution in [2.45, 2.75) is 73.5 Å². The Hall–Kier alpha value is -5.43. The number of rotatable bonds is 17. The first-order valence-corrected chi connectivity index (χ1v) is 19.7. The molecule has 0 saturated carbocycles. The highest BCUT2D eigenvalue weighted by Crippen LogP contribution is 2.33. The van der Waals surface area contributed by atoms with Crippen molar-refractivity contribution in [2.24, 2.45) is 5.73 Å². The monoisotopic (exact) mass is 801 g/mol. The predicted molar refractivity (Wildman–Crippen MR) is 210 cm³/mol. The number of ether oxygens (including phenoxy) is 2. The van der Waals surface area contributed by atoms with E-state index in [1.165, 1.54) is 16.7 Å². The third-order valence-corrected chi connectivity index (χ3v) is 10.7. The van der Waals surface area contributed by atoms with Gasteiger partial charge in [-0.25, -0.2) is 9.97 Å². The number of carbonyl (C=O) groups is 6. The van der Waals surface area contributed by atoms with Crippen LogP contribution < -0.4 is 31.9 Å². The molecule has 1 unspecified atom stereocenters. The molecule has 17 nitrogen and oxygen atoms in total. The predicted octanol–water partition coefficient (Wildman–Crippen LogP) is 2.21. The molecule has 302 valence electrons. The molecule has 18 heteroatoms. The number of fused-ring (bicyclic) bond motifs is 1. The molecule has 3 aliphatic heterocycles. The lowest BCUT2D eigenvalue weighted by atomic mass is 9.91. The minimum Gasteiger partial charge on any atom is -0.377 e. The van der Waals surface area contributed by atoms with E-state index < -0.39 is 17.9 Å². The van der Waals surface area contributed by atoms with Crippen molar-refractivity contribution in [3.8, 4) is 0 Å². The largest absolute Gasteiger partial charge is 0.377 e. The maximum absolute atomic E-state index is 13.0. The van der Waals surface area contributed by atoms with E-state index in [0.29, 0.717) is 22.5 Å². The van der Waals surface area contributed by atoms with Crippen LogP contribution in [0.4, 0.5) is 17.2 Å². The van der Waals surface area contributed by atoms with Crippen LogP contribution in [0.3, 0.4) is 0 Å². The topological polar surface area (TPSA) is 227 Å². The van der Waals surface area contributed by atoms with Gasteiger partial charge in [-0.1, -0.05) is 23.9 Å². The molecule has 2 fully saturated rings. The van der Waals surface area contributed by atoms with Gasteiger partial charge in [-0.3, -0.25) is 34.1 Å². The van der Waals surface area contributed by atoms with Gasteiger partial charge in [0.15, 0.2) is 0 Å². The van der Waals surface area contributed by atoms with Crippen LogP contribution >= 0.6 is 11.8 Å². The first-order valence-electron chi connectivity index (χ1n) is 18.9. The number of nitrogens with zero attached hydrogens (tertiary/aromatic N) is 4. The SMILES string of the molecule is CC1(N)CCN(c2cnc(Sc3cccc(NC(=O)CCC(=O)NCCOCCOCC(=O)Nc4cccc5c4CN(C4CCC(=O)NC4=O)C5=O)c3)cn2)CC1. The van der Waals surface area contributed by atoms with Crippen LogP contribution in [0.1, 0.15) is 61.4 Å². The van der Waals surface area contributed by atoms with Gasteiger partial charge in [0.2, 0.25) is 29.5 Å². The number of imide groups is 1. The van der Waals surface area contributed by atoms with E-state index in [9.17, 15) is 28.8 Å². The summed E-state index contributed by atoms with van der Waals surface area (Å²) in [6.07, 6.45) is 5.73. The fraction of sp³-hybridized carbons (Fsp3) is 0.436. The van der Waals surface area contributed by atoms with Gasteiger partial charge >= 0.3 is 0 Å². The molecule has 2 aromatic carbocycles. The molecule has 0 spiro atoms. The standard InChI is InChI=1S/C39H47N9O8S/c1-39(40)12-15-47(16-13-39)31-21-43-36(22-42-31)57-26-5-2-4-25(20-26)44-33(50)11-10-32(49)41-14-17-55-18-19-56-24-35(52)45-29-7-3-6-27-28(29)23-48(38(27)54)30-8-9-34(51)46-37(30)53/h2-7,20-22,30H,8-19,23-24,40H2,1H3,(H,41,49)(H,44,50)(H,45,52)(H,46,51,53). The summed E-state index contributed by atoms with van der Waals surface area (Å²) in [5, 5.41) is 11.3. The van der Waals surface area contributed by atoms with Gasteiger partial charge in [0.05, 0.1) is 32.2 Å². The van der Waals surface area contributed by atoms with Gasteiger partial charge in [0, 0.05) is 78.4 Å². The van der Waals surface area contributed by atoms with Crippen LogP contribution in [0.2, 0.25) is 0 Å². The van der Waals surface area contributed by atoms with Crippen LogP contribution in [0.25, 0.3) is 0 Å². The first-order chi connectivity index (χ1) is 27.4. The number of piperidine rings is 2. The number of carbonyl (C=O) groups excluding carboxylic acids is 6. The fourth-order valence-corrected chi connectivity index (χ4v) is 7.39. The van der Waals surface area contributed by atoms with E-state index in [4.69, 9.17) is 15.2 Å². The number of anilines is 3. The van der Waals surface area contributed by atoms with Crippen molar-refractivity contribution in [3.05, 3.63) is 66.0 Å². The molecule has 3 aliphatic rings. The second-order valence-corrected chi connectivity index (χ2v) is 15.4. The molecule has 57 heavy (non-hydrogen) atoms. The van der Waals surface area contributed by atoms with Crippen LogP contribution in [0.15, 0.2) is 64.8 Å². The van der Waals surface area contributed by atoms with Crippen molar-refractivity contribution >= 4 is 64.4 Å². The van der Waals surface area contributed by atoms with Crippen LogP contribution in [0.5, 0.6) is 0 Å². The summed E-state index contributed by atoms with van der Waals surface area (Å²) < 4.78 is 10.9. The zero-order chi connectivity index (χ0) is 40.4. The van der Waals surface area contributed by atoms with E-state index in [1.807, 2.05) is 18.2 Å². The molecule has 0 bridgehead atoms. The number of hydrogen-bond donors (Lipinski definition) is 5. The average Bonchev–Trinajstić information content (AvgIpc) is 3.52. The summed E-state index contributed by atoms with van der Waals surface area (Å²) >= 11 is 1.44. The van der Waals surface area contributed by atoms with Gasteiger partial charge in [-0.2, -0.15) is 0 Å². The molecule has 6 rings (SSSR count). The Balaban J connectivity index is 0.810. The maximum Gasteiger partial charge on any atom is 0.255 e. The van der Waals surface area contributed by atoms with Gasteiger partial charge in [0.25, 0.3) is 5.91 Å². The Labute approximate surface area is 334 Å². The number of benzene rings is 2. The minimum absolute atomic E-state index is 0.00684. The Morgan fingerprint density at radius 1 is 0.947 bits per heavy atom. The number of aromatic nitrogens is 2. The third kappa shape index (κ3) is 11.6. The highest BCUT2D eigenvalue weighted by Gasteiger charge is 2.40. The molecular formula is C39H47N9O8S. The van der Waals surface area contributed by atoms with E-state index in [0.717, 1.165) is 41.7 Å². The first kappa shape index (κ1) is 41.2. The maximum atomic E-state index is 13.0. The highest BCUT2D eigenvalue weighted by atomic mass is 32.2. The summed E-state index contributed by atoms with van der Waals surface area (Å²) in [5.41, 5.74) is 8.15. The lowest BCUT2D eigenvalue weighted by Gasteiger charge is -2.37. The molecule has 6 N–H and O–H groups in total. The lowest BCUT2D eigenvalue weighted by molar-refractivity contribution is -0.137. The number of nitrogens with one attached hydrogen (secondary N) is 4. The second-order valence-electron chi connectivity index (χ2n) is 14.3. The summed E-state index contributed by atoms with van der Waals surface area (Å²) in [5.74, 6) is -1.38. The molecule has 0 aliphatic carbocycles. The molecule has 1 atom stereocenters. The Morgan fingerprint density at radius 2 is 1.72 bits per heavy atom. The Morgan fingerprint density at radius 3 is 2.49 bits per heavy atom. The third-order valence-electron chi connectivity index (χ3n) is 9.79. The quantitative estimate of drug-likeness (QED) is 0.0976. The van der Waals surface area contributed by atoms with Crippen molar-refractivity contribution in [1.82, 2.24) is 25.5 Å². The van der Waals surface area contributed by atoms with E-state index >= 15 is 0 Å². The van der Waals surface area contributed by atoms with E-state index in [1.54, 1.807) is 36.7 Å². The molecule has 1 aromatic heterocycles. The highest BCUT2D eigenvalue weighted by molar-refractivity contribution is 7.99. The summed E-state index contributed by atoms with van der Waals surface area (Å²) in [6.45, 7) is 4.41. The Bertz CT molecular complexity index is 1970. The molecule has 0 radical (unpaired) electrons. The van der Waals surface area contributed by atoms with Crippen LogP contribution in [-0.2, 0) is 40.0 Å². The second kappa shape index (κ2) is 19.1. The van der Waals surface area contributed by atoms with Crippen LogP contribution in [-0.4, -0.2) is 108 Å². The lowest BCUT2D eigenvalue weighted by Crippen LogP contribution is -2.52. The molecule has 3 aromatic rings. The smallest absolute Gasteiger partial charge is 0.255 e. The molecule has 6 amide bonds. The minimum atomic E-state index is -0.754. The van der Waals surface area contributed by atoms with E-state index in [-0.39, 0.29) is 94.4 Å². The normalized spacial score (nSPS) is 17.5. The summed E-state index contributed by atoms with van der Waals surface area (Å²) in [6, 6.07) is 11.6. The van der Waals surface area contributed by atoms with Gasteiger partial charge in [-0.15, -0.1) is 0 Å². The molecular weight excluding hydrogens is 755 g/mol. The van der Waals surface area contributed by atoms with Gasteiger partial charge in [-0.05, 0) is 56.5 Å². The van der Waals surface area contributed by atoms with Crippen molar-refractivity contribution < 1.29 is 38.2 Å². The number of amides is 6. The van der Waals surface area contributed by atoms with E-state index in [2.05, 4.69) is 43.1 Å². The van der Waals surface area contributed by atoms with Gasteiger partial charge in [0.1, 0.15) is 23.5 Å². The summed E-state index contributed by atoms with van der Waals surface area (Å²) in [4.78, 5) is 87.9. The number of hydrogen-bond acceptors (Lipinski definition) is 13. The van der Waals surface area contributed by atoms with Crippen molar-refractivity contribution in [3.63, 3.8) is 0 Å². The average molecular weight is 802 g/mol. The Kier molecular flexibility index (Phi) is 13.8. The summed E-state index contributed by atoms with van der Waals surface area (Å²) in [7, 11) is 0. The molecule has 4 heterocycles. The number of nitrogens with two attached hydrogens (primary N) is 1. The van der Waals surface area contributed by atoms with Gasteiger partial charge < -0.3 is 41.0 Å². The van der Waals surface area contributed by atoms with Crippen molar-refractivity contribution in [2.75, 3.05) is 61.6 Å². The van der Waals surface area contributed by atoms with Crippen molar-refractivity contribution in [1.29, 1.82) is 0 Å². The van der Waals surface area contributed by atoms with Crippen LogP contribution in [0, 0.1) is 0 Å². The zero-order valence-electron chi connectivity index (χ0n) is 31.7. The zero-order valence-corrected chi connectivity index (χ0v) is 32.5. The molecule has 2 saturated heterocycles. The fourth-order valence-electron chi connectivity index (χ4n) is 6.61.